The number of thiazole rings is 1. The fourth-order valence-corrected chi connectivity index (χ4v) is 1.94. The van der Waals surface area contributed by atoms with Crippen LogP contribution in [0.5, 0.6) is 0 Å². The number of rotatable bonds is 3. The van der Waals surface area contributed by atoms with Crippen molar-refractivity contribution in [2.24, 2.45) is 0 Å². The number of H-pyrrole nitrogens is 1. The van der Waals surface area contributed by atoms with Crippen LogP contribution in [0.2, 0.25) is 0 Å². The second kappa shape index (κ2) is 3.81. The van der Waals surface area contributed by atoms with Gasteiger partial charge in [-0.05, 0) is 0 Å². The summed E-state index contributed by atoms with van der Waals surface area (Å²) in [6.07, 6.45) is 3.27. The number of carboxylic acid groups (broad SMARTS) is 1. The lowest BCUT2D eigenvalue weighted by atomic mass is 10.5. The normalized spacial score (nSPS) is 10.3. The fraction of sp³-hybridized carbons (Fsp3) is 0.125. The fourth-order valence-electron chi connectivity index (χ4n) is 1.15. The van der Waals surface area contributed by atoms with Gasteiger partial charge in [0.05, 0.1) is 0 Å². The number of aromatic nitrogens is 3. The molecule has 8 heteroatoms. The summed E-state index contributed by atoms with van der Waals surface area (Å²) in [5.74, 6) is -0.481. The summed E-state index contributed by atoms with van der Waals surface area (Å²) in [4.78, 5) is 23.3. The van der Waals surface area contributed by atoms with Crippen molar-refractivity contribution in [2.75, 3.05) is 17.7 Å². The Morgan fingerprint density at radius 1 is 1.69 bits per heavy atom. The third-order valence-corrected chi connectivity index (χ3v) is 3.06. The lowest BCUT2D eigenvalue weighted by Crippen LogP contribution is -2.10. The van der Waals surface area contributed by atoms with E-state index < -0.39 is 5.97 Å². The number of hydrogen-bond acceptors (Lipinski definition) is 6. The number of carboxylic acids is 1. The molecule has 0 amide bonds. The Morgan fingerprint density at radius 2 is 2.44 bits per heavy atom. The Kier molecular flexibility index (Phi) is 2.49. The highest BCUT2D eigenvalue weighted by molar-refractivity contribution is 7.18. The van der Waals surface area contributed by atoms with Crippen LogP contribution < -0.4 is 10.6 Å². The minimum atomic E-state index is -1.07. The van der Waals surface area contributed by atoms with E-state index in [-0.39, 0.29) is 10.7 Å². The monoisotopic (exact) mass is 239 g/mol. The molecule has 0 aliphatic rings. The van der Waals surface area contributed by atoms with Crippen LogP contribution in [0.15, 0.2) is 12.4 Å². The maximum absolute atomic E-state index is 10.8. The van der Waals surface area contributed by atoms with Crippen LogP contribution in [-0.2, 0) is 0 Å². The van der Waals surface area contributed by atoms with Gasteiger partial charge in [0, 0.05) is 19.4 Å². The van der Waals surface area contributed by atoms with E-state index >= 15 is 0 Å². The average Bonchev–Trinajstić information content (AvgIpc) is 2.84. The van der Waals surface area contributed by atoms with E-state index in [1.54, 1.807) is 24.3 Å². The molecule has 2 heterocycles. The maximum atomic E-state index is 10.8. The van der Waals surface area contributed by atoms with Crippen molar-refractivity contribution >= 4 is 34.2 Å². The average molecular weight is 239 g/mol. The first-order chi connectivity index (χ1) is 7.59. The molecule has 0 fully saturated rings. The first-order valence-electron chi connectivity index (χ1n) is 4.32. The van der Waals surface area contributed by atoms with Gasteiger partial charge in [-0.1, -0.05) is 11.3 Å². The molecule has 0 aromatic carbocycles. The van der Waals surface area contributed by atoms with Crippen LogP contribution in [0, 0.1) is 0 Å². The lowest BCUT2D eigenvalue weighted by molar-refractivity contribution is 0.0703. The van der Waals surface area contributed by atoms with Crippen molar-refractivity contribution in [3.8, 4) is 0 Å². The molecule has 0 aliphatic carbocycles. The molecule has 0 atom stereocenters. The summed E-state index contributed by atoms with van der Waals surface area (Å²) < 4.78 is 0. The van der Waals surface area contributed by atoms with E-state index in [0.717, 1.165) is 11.3 Å². The van der Waals surface area contributed by atoms with Gasteiger partial charge in [-0.25, -0.2) is 14.8 Å². The Morgan fingerprint density at radius 3 is 2.94 bits per heavy atom. The van der Waals surface area contributed by atoms with Crippen molar-refractivity contribution in [1.29, 1.82) is 0 Å². The number of nitrogens with one attached hydrogen (secondary N) is 1. The molecule has 0 bridgehead atoms. The smallest absolute Gasteiger partial charge is 0.349 e. The second-order valence-corrected chi connectivity index (χ2v) is 3.97. The van der Waals surface area contributed by atoms with Gasteiger partial charge in [0.15, 0.2) is 15.8 Å². The molecule has 7 nitrogen and oxygen atoms in total. The molecule has 4 N–H and O–H groups in total. The molecule has 0 radical (unpaired) electrons. The third kappa shape index (κ3) is 1.70. The van der Waals surface area contributed by atoms with Crippen LogP contribution in [-0.4, -0.2) is 33.1 Å². The molecule has 0 saturated carbocycles. The zero-order valence-corrected chi connectivity index (χ0v) is 9.15. The second-order valence-electron chi connectivity index (χ2n) is 2.99. The van der Waals surface area contributed by atoms with E-state index in [2.05, 4.69) is 15.0 Å². The van der Waals surface area contributed by atoms with Crippen LogP contribution in [0.3, 0.4) is 0 Å². The molecule has 0 saturated heterocycles. The third-order valence-electron chi connectivity index (χ3n) is 1.92. The minimum Gasteiger partial charge on any atom is -0.477 e. The van der Waals surface area contributed by atoms with Crippen molar-refractivity contribution in [3.63, 3.8) is 0 Å². The highest BCUT2D eigenvalue weighted by Gasteiger charge is 2.18. The summed E-state index contributed by atoms with van der Waals surface area (Å²) in [6.45, 7) is 0. The molecular formula is C8H9N5O2S. The number of nitrogens with two attached hydrogens (primary N) is 1. The molecule has 2 aromatic rings. The Labute approximate surface area is 94.6 Å². The number of nitrogen functional groups attached to an aromatic ring is 1. The summed E-state index contributed by atoms with van der Waals surface area (Å²) in [5.41, 5.74) is 5.49. The van der Waals surface area contributed by atoms with E-state index in [4.69, 9.17) is 10.8 Å². The first kappa shape index (κ1) is 10.4. The van der Waals surface area contributed by atoms with E-state index in [9.17, 15) is 4.79 Å². The SMILES string of the molecule is CN(c1ncc[nH]1)c1nc(N)c(C(=O)O)s1. The van der Waals surface area contributed by atoms with Gasteiger partial charge >= 0.3 is 5.97 Å². The number of aromatic amines is 1. The number of aromatic carboxylic acids is 1. The Bertz CT molecular complexity index is 506. The summed E-state index contributed by atoms with van der Waals surface area (Å²) in [5, 5.41) is 9.32. The van der Waals surface area contributed by atoms with Crippen LogP contribution in [0.4, 0.5) is 16.9 Å². The zero-order valence-electron chi connectivity index (χ0n) is 8.34. The number of carbonyl (C=O) groups is 1. The largest absolute Gasteiger partial charge is 0.477 e. The van der Waals surface area contributed by atoms with Crippen molar-refractivity contribution in [1.82, 2.24) is 15.0 Å². The number of hydrogen-bond donors (Lipinski definition) is 3. The van der Waals surface area contributed by atoms with Gasteiger partial charge < -0.3 is 15.8 Å². The number of imidazole rings is 1. The van der Waals surface area contributed by atoms with Gasteiger partial charge in [0.25, 0.3) is 0 Å². The molecule has 84 valence electrons. The highest BCUT2D eigenvalue weighted by atomic mass is 32.1. The predicted molar refractivity (Wildman–Crippen MR) is 60.1 cm³/mol. The van der Waals surface area contributed by atoms with Crippen molar-refractivity contribution < 1.29 is 9.90 Å². The quantitative estimate of drug-likeness (QED) is 0.734. The van der Waals surface area contributed by atoms with Crippen LogP contribution in [0.1, 0.15) is 9.67 Å². The lowest BCUT2D eigenvalue weighted by Gasteiger charge is -2.10. The molecule has 2 rings (SSSR count). The van der Waals surface area contributed by atoms with Gasteiger partial charge in [-0.3, -0.25) is 4.90 Å². The molecule has 0 spiro atoms. The molecule has 16 heavy (non-hydrogen) atoms. The minimum absolute atomic E-state index is 0.0194. The number of nitrogens with zero attached hydrogens (tertiary/aromatic N) is 3. The first-order valence-corrected chi connectivity index (χ1v) is 5.14. The maximum Gasteiger partial charge on any atom is 0.349 e. The Balaban J connectivity index is 2.35. The topological polar surface area (TPSA) is 108 Å². The summed E-state index contributed by atoms with van der Waals surface area (Å²) in [7, 11) is 1.72. The van der Waals surface area contributed by atoms with E-state index in [1.807, 2.05) is 0 Å². The summed E-state index contributed by atoms with van der Waals surface area (Å²) >= 11 is 1.00. The van der Waals surface area contributed by atoms with Crippen LogP contribution >= 0.6 is 11.3 Å². The van der Waals surface area contributed by atoms with E-state index in [1.165, 1.54) is 0 Å². The molecule has 0 aliphatic heterocycles. The highest BCUT2D eigenvalue weighted by Crippen LogP contribution is 2.30. The van der Waals surface area contributed by atoms with E-state index in [0.29, 0.717) is 11.1 Å². The Hall–Kier alpha value is -2.09. The molecular weight excluding hydrogens is 230 g/mol. The zero-order chi connectivity index (χ0) is 11.7. The summed E-state index contributed by atoms with van der Waals surface area (Å²) in [6, 6.07) is 0. The van der Waals surface area contributed by atoms with Gasteiger partial charge in [-0.2, -0.15) is 0 Å². The van der Waals surface area contributed by atoms with Gasteiger partial charge in [0.2, 0.25) is 5.95 Å². The van der Waals surface area contributed by atoms with Gasteiger partial charge in [-0.15, -0.1) is 0 Å². The molecule has 2 aromatic heterocycles. The number of anilines is 3. The van der Waals surface area contributed by atoms with Crippen molar-refractivity contribution in [3.05, 3.63) is 17.3 Å². The molecule has 0 unspecified atom stereocenters. The standard InChI is InChI=1S/C8H9N5O2S/c1-13(7-10-2-3-11-7)8-12-5(9)4(16-8)6(14)15/h2-3H,9H2,1H3,(H,10,11)(H,14,15). The van der Waals surface area contributed by atoms with Gasteiger partial charge in [0.1, 0.15) is 0 Å². The van der Waals surface area contributed by atoms with Crippen LogP contribution in [0.25, 0.3) is 0 Å². The predicted octanol–water partition coefficient (Wildman–Crippen LogP) is 0.914. The van der Waals surface area contributed by atoms with Crippen molar-refractivity contribution in [2.45, 2.75) is 0 Å².